The summed E-state index contributed by atoms with van der Waals surface area (Å²) in [6.45, 7) is 0. The molecular weight excluding hydrogens is 363 g/mol. The summed E-state index contributed by atoms with van der Waals surface area (Å²) in [5.74, 6) is 0.397. The van der Waals surface area contributed by atoms with Crippen molar-refractivity contribution >= 4 is 41.0 Å². The van der Waals surface area contributed by atoms with Gasteiger partial charge in [-0.15, -0.1) is 0 Å². The van der Waals surface area contributed by atoms with Crippen LogP contribution in [0.2, 0.25) is 10.0 Å². The second-order valence-electron chi connectivity index (χ2n) is 5.96. The van der Waals surface area contributed by atoms with Crippen LogP contribution in [0.25, 0.3) is 6.08 Å². The third-order valence-corrected chi connectivity index (χ3v) is 4.58. The predicted octanol–water partition coefficient (Wildman–Crippen LogP) is 4.93. The summed E-state index contributed by atoms with van der Waals surface area (Å²) < 4.78 is 10.9. The normalized spacial score (nSPS) is 17.4. The van der Waals surface area contributed by atoms with E-state index in [0.717, 1.165) is 12.8 Å². The van der Waals surface area contributed by atoms with E-state index in [1.54, 1.807) is 42.5 Å². The van der Waals surface area contributed by atoms with E-state index in [1.165, 1.54) is 0 Å². The lowest BCUT2D eigenvalue weighted by Crippen LogP contribution is -2.09. The van der Waals surface area contributed by atoms with Crippen molar-refractivity contribution in [3.05, 3.63) is 63.3 Å². The van der Waals surface area contributed by atoms with Crippen LogP contribution < -0.4 is 9.47 Å². The Morgan fingerprint density at radius 3 is 2.68 bits per heavy atom. The molecule has 0 saturated heterocycles. The largest absolute Gasteiger partial charge is 0.452 e. The number of benzene rings is 2. The molecule has 0 N–H and O–H groups in total. The molecule has 4 nitrogen and oxygen atoms in total. The van der Waals surface area contributed by atoms with Gasteiger partial charge in [-0.25, -0.2) is 0 Å². The maximum atomic E-state index is 12.5. The fourth-order valence-corrected chi connectivity index (χ4v) is 2.97. The van der Waals surface area contributed by atoms with Crippen molar-refractivity contribution in [3.8, 4) is 11.5 Å². The summed E-state index contributed by atoms with van der Waals surface area (Å²) in [4.78, 5) is 24.2. The van der Waals surface area contributed by atoms with Gasteiger partial charge in [0.2, 0.25) is 5.78 Å². The molecule has 6 heteroatoms. The Labute approximate surface area is 153 Å². The molecule has 2 aromatic rings. The number of hydrogen-bond donors (Lipinski definition) is 0. The van der Waals surface area contributed by atoms with E-state index in [2.05, 4.69) is 0 Å². The van der Waals surface area contributed by atoms with Crippen LogP contribution in [0.4, 0.5) is 0 Å². The number of ketones is 1. The predicted molar refractivity (Wildman–Crippen MR) is 94.2 cm³/mol. The molecule has 1 aliphatic heterocycles. The Hall–Kier alpha value is -2.30. The lowest BCUT2D eigenvalue weighted by Gasteiger charge is -2.04. The van der Waals surface area contributed by atoms with Crippen LogP contribution in [-0.2, 0) is 4.79 Å². The van der Waals surface area contributed by atoms with E-state index in [0.29, 0.717) is 32.7 Å². The fraction of sp³-hybridized carbons (Fsp3) is 0.158. The minimum absolute atomic E-state index is 0.00157. The Morgan fingerprint density at radius 1 is 1.16 bits per heavy atom. The minimum atomic E-state index is -0.249. The second-order valence-corrected chi connectivity index (χ2v) is 6.80. The van der Waals surface area contributed by atoms with E-state index in [9.17, 15) is 9.59 Å². The molecule has 1 aliphatic carbocycles. The van der Waals surface area contributed by atoms with E-state index >= 15 is 0 Å². The number of rotatable bonds is 3. The van der Waals surface area contributed by atoms with E-state index < -0.39 is 0 Å². The van der Waals surface area contributed by atoms with Gasteiger partial charge >= 0.3 is 5.97 Å². The number of hydrogen-bond acceptors (Lipinski definition) is 4. The molecule has 2 aromatic carbocycles. The Kier molecular flexibility index (Phi) is 4.02. The highest BCUT2D eigenvalue weighted by molar-refractivity contribution is 6.35. The number of carbonyl (C=O) groups excluding carboxylic acids is 2. The molecule has 4 rings (SSSR count). The van der Waals surface area contributed by atoms with Gasteiger partial charge in [0, 0.05) is 16.1 Å². The van der Waals surface area contributed by atoms with Gasteiger partial charge in [0.25, 0.3) is 0 Å². The first-order valence-corrected chi connectivity index (χ1v) is 8.52. The number of ether oxygens (including phenoxy) is 2. The molecule has 1 fully saturated rings. The number of allylic oxidation sites excluding steroid dienone is 1. The van der Waals surface area contributed by atoms with Crippen LogP contribution in [0.15, 0.2) is 42.2 Å². The summed E-state index contributed by atoms with van der Waals surface area (Å²) in [6.07, 6.45) is 3.30. The van der Waals surface area contributed by atoms with E-state index in [-0.39, 0.29) is 23.4 Å². The van der Waals surface area contributed by atoms with Crippen LogP contribution in [0.3, 0.4) is 0 Å². The first-order chi connectivity index (χ1) is 12.0. The van der Waals surface area contributed by atoms with Crippen molar-refractivity contribution in [1.82, 2.24) is 0 Å². The van der Waals surface area contributed by atoms with Gasteiger partial charge < -0.3 is 9.47 Å². The highest BCUT2D eigenvalue weighted by Crippen LogP contribution is 2.37. The number of halogens is 2. The van der Waals surface area contributed by atoms with Crippen molar-refractivity contribution in [2.75, 3.05) is 0 Å². The Bertz CT molecular complexity index is 929. The van der Waals surface area contributed by atoms with Crippen LogP contribution in [0.5, 0.6) is 11.5 Å². The molecule has 0 amide bonds. The molecule has 0 spiro atoms. The number of carbonyl (C=O) groups is 2. The smallest absolute Gasteiger partial charge is 0.314 e. The van der Waals surface area contributed by atoms with Crippen molar-refractivity contribution in [3.63, 3.8) is 0 Å². The third kappa shape index (κ3) is 3.28. The Morgan fingerprint density at radius 2 is 1.96 bits per heavy atom. The average Bonchev–Trinajstić information content (AvgIpc) is 3.37. The van der Waals surface area contributed by atoms with Crippen LogP contribution in [0.1, 0.15) is 28.8 Å². The lowest BCUT2D eigenvalue weighted by molar-refractivity contribution is -0.135. The summed E-state index contributed by atoms with van der Waals surface area (Å²) in [7, 11) is 0. The molecule has 0 bridgehead atoms. The maximum absolute atomic E-state index is 12.5. The van der Waals surface area contributed by atoms with Gasteiger partial charge in [-0.2, -0.15) is 0 Å². The molecule has 0 aromatic heterocycles. The third-order valence-electron chi connectivity index (χ3n) is 4.02. The fourth-order valence-electron chi connectivity index (χ4n) is 2.51. The van der Waals surface area contributed by atoms with Gasteiger partial charge in [-0.05, 0) is 48.7 Å². The van der Waals surface area contributed by atoms with Gasteiger partial charge in [0.15, 0.2) is 5.76 Å². The molecule has 2 aliphatic rings. The van der Waals surface area contributed by atoms with Gasteiger partial charge in [-0.3, -0.25) is 9.59 Å². The summed E-state index contributed by atoms with van der Waals surface area (Å²) in [6, 6.07) is 9.73. The van der Waals surface area contributed by atoms with E-state index in [4.69, 9.17) is 32.7 Å². The monoisotopic (exact) mass is 374 g/mol. The van der Waals surface area contributed by atoms with Gasteiger partial charge in [0.1, 0.15) is 11.5 Å². The number of esters is 1. The number of Topliss-reactive ketones (excluding diaryl/α,β-unsaturated/α-hetero) is 1. The summed E-state index contributed by atoms with van der Waals surface area (Å²) in [5.41, 5.74) is 1.05. The topological polar surface area (TPSA) is 52.6 Å². The molecule has 0 unspecified atom stereocenters. The highest BCUT2D eigenvalue weighted by Gasteiger charge is 2.33. The summed E-state index contributed by atoms with van der Waals surface area (Å²) >= 11 is 12.0. The molecule has 126 valence electrons. The van der Waals surface area contributed by atoms with Gasteiger partial charge in [-0.1, -0.05) is 29.3 Å². The second kappa shape index (κ2) is 6.21. The number of fused-ring (bicyclic) bond motifs is 1. The zero-order chi connectivity index (χ0) is 17.6. The maximum Gasteiger partial charge on any atom is 0.314 e. The van der Waals surface area contributed by atoms with Crippen molar-refractivity contribution in [2.45, 2.75) is 12.8 Å². The highest BCUT2D eigenvalue weighted by atomic mass is 35.5. The van der Waals surface area contributed by atoms with Gasteiger partial charge in [0.05, 0.1) is 11.5 Å². The quantitative estimate of drug-likeness (QED) is 0.434. The van der Waals surface area contributed by atoms with Crippen molar-refractivity contribution < 1.29 is 19.1 Å². The van der Waals surface area contributed by atoms with Crippen LogP contribution in [0, 0.1) is 5.92 Å². The zero-order valence-electron chi connectivity index (χ0n) is 12.9. The molecule has 0 radical (unpaired) electrons. The standard InChI is InChI=1S/C19H12Cl2O4/c20-12-4-3-11(15(21)8-12)7-17-18(22)14-6-5-13(9-16(14)25-17)24-19(23)10-1-2-10/h3-10H,1-2H2. The van der Waals surface area contributed by atoms with E-state index in [1.807, 2.05) is 0 Å². The molecule has 25 heavy (non-hydrogen) atoms. The van der Waals surface area contributed by atoms with Crippen molar-refractivity contribution in [1.29, 1.82) is 0 Å². The van der Waals surface area contributed by atoms with Crippen LogP contribution >= 0.6 is 23.2 Å². The molecule has 1 saturated carbocycles. The van der Waals surface area contributed by atoms with Crippen LogP contribution in [-0.4, -0.2) is 11.8 Å². The zero-order valence-corrected chi connectivity index (χ0v) is 14.4. The first kappa shape index (κ1) is 16.2. The molecule has 1 heterocycles. The van der Waals surface area contributed by atoms with Crippen molar-refractivity contribution in [2.24, 2.45) is 5.92 Å². The molecular formula is C19H12Cl2O4. The Balaban J connectivity index is 1.59. The average molecular weight is 375 g/mol. The summed E-state index contributed by atoms with van der Waals surface area (Å²) in [5, 5.41) is 0.933. The minimum Gasteiger partial charge on any atom is -0.452 e. The SMILES string of the molecule is O=C1C(=Cc2ccc(Cl)cc2Cl)Oc2cc(OC(=O)C3CC3)ccc21. The first-order valence-electron chi connectivity index (χ1n) is 7.76. The molecule has 0 atom stereocenters. The lowest BCUT2D eigenvalue weighted by atomic mass is 10.1.